The number of benzene rings is 1. The van der Waals surface area contributed by atoms with Gasteiger partial charge in [-0.3, -0.25) is 0 Å². The van der Waals surface area contributed by atoms with E-state index in [9.17, 15) is 9.50 Å². The summed E-state index contributed by atoms with van der Waals surface area (Å²) < 4.78 is 13.3. The van der Waals surface area contributed by atoms with Crippen LogP contribution in [-0.2, 0) is 5.54 Å². The van der Waals surface area contributed by atoms with Crippen LogP contribution in [0.4, 0.5) is 4.39 Å². The Bertz CT molecular complexity index is 363. The van der Waals surface area contributed by atoms with Gasteiger partial charge in [0.1, 0.15) is 11.6 Å². The average molecular weight is 202 g/mol. The summed E-state index contributed by atoms with van der Waals surface area (Å²) in [5, 5.41) is 9.65. The van der Waals surface area contributed by atoms with Crippen LogP contribution in [0.1, 0.15) is 18.4 Å². The zero-order valence-corrected chi connectivity index (χ0v) is 7.61. The molecule has 0 aliphatic heterocycles. The molecule has 0 atom stereocenters. The number of phenols is 1. The fraction of sp³-hybridized carbons (Fsp3) is 0.333. The molecule has 0 heterocycles. The molecule has 3 N–H and O–H groups in total. The largest absolute Gasteiger partial charge is 0.506 e. The van der Waals surface area contributed by atoms with Gasteiger partial charge in [-0.05, 0) is 25.0 Å². The van der Waals surface area contributed by atoms with E-state index in [2.05, 4.69) is 0 Å². The quantitative estimate of drug-likeness (QED) is 0.731. The van der Waals surface area contributed by atoms with Gasteiger partial charge in [0.2, 0.25) is 0 Å². The van der Waals surface area contributed by atoms with E-state index >= 15 is 0 Å². The zero-order chi connectivity index (χ0) is 9.64. The Morgan fingerprint density at radius 2 is 2.08 bits per heavy atom. The van der Waals surface area contributed by atoms with Gasteiger partial charge in [-0.1, -0.05) is 11.6 Å². The number of nitrogens with two attached hydrogens (primary N) is 1. The number of rotatable bonds is 1. The Hall–Kier alpha value is -0.800. The molecule has 2 nitrogen and oxygen atoms in total. The molecule has 0 unspecified atom stereocenters. The molecule has 0 aromatic heterocycles. The Kier molecular flexibility index (Phi) is 1.75. The summed E-state index contributed by atoms with van der Waals surface area (Å²) in [4.78, 5) is 0. The summed E-state index contributed by atoms with van der Waals surface area (Å²) in [6.07, 6.45) is 1.38. The summed E-state index contributed by atoms with van der Waals surface area (Å²) in [6.45, 7) is 0. The molecule has 70 valence electrons. The van der Waals surface area contributed by atoms with E-state index in [1.54, 1.807) is 0 Å². The maximum absolute atomic E-state index is 13.3. The van der Waals surface area contributed by atoms with E-state index < -0.39 is 11.4 Å². The standard InChI is InChI=1S/C9H9ClFNO/c10-5-1-2-6(11)7(8(5)13)9(12)3-4-9/h1-2,13H,3-4,12H2. The number of phenolic OH excluding ortho intramolecular Hbond substituents is 1. The first-order valence-electron chi connectivity index (χ1n) is 4.01. The van der Waals surface area contributed by atoms with Crippen LogP contribution in [-0.4, -0.2) is 5.11 Å². The van der Waals surface area contributed by atoms with Gasteiger partial charge in [0.05, 0.1) is 10.6 Å². The summed E-state index contributed by atoms with van der Waals surface area (Å²) in [6, 6.07) is 2.55. The van der Waals surface area contributed by atoms with Gasteiger partial charge < -0.3 is 10.8 Å². The molecule has 1 aliphatic carbocycles. The summed E-state index contributed by atoms with van der Waals surface area (Å²) in [5.74, 6) is -0.705. The lowest BCUT2D eigenvalue weighted by atomic mass is 10.0. The van der Waals surface area contributed by atoms with Gasteiger partial charge in [-0.25, -0.2) is 4.39 Å². The van der Waals surface area contributed by atoms with Crippen molar-refractivity contribution in [2.24, 2.45) is 5.73 Å². The van der Waals surface area contributed by atoms with Crippen LogP contribution in [0.15, 0.2) is 12.1 Å². The number of aromatic hydroxyl groups is 1. The fourth-order valence-corrected chi connectivity index (χ4v) is 1.56. The third kappa shape index (κ3) is 1.28. The van der Waals surface area contributed by atoms with Crippen molar-refractivity contribution in [1.29, 1.82) is 0 Å². The normalized spacial score (nSPS) is 18.7. The lowest BCUT2D eigenvalue weighted by Crippen LogP contribution is -2.20. The van der Waals surface area contributed by atoms with Crippen molar-refractivity contribution in [3.63, 3.8) is 0 Å². The van der Waals surface area contributed by atoms with Crippen molar-refractivity contribution in [1.82, 2.24) is 0 Å². The van der Waals surface area contributed by atoms with E-state index in [4.69, 9.17) is 17.3 Å². The molecule has 1 fully saturated rings. The second-order valence-electron chi connectivity index (χ2n) is 3.41. The maximum atomic E-state index is 13.3. The lowest BCUT2D eigenvalue weighted by molar-refractivity contribution is 0.447. The first kappa shape index (κ1) is 8.78. The third-order valence-electron chi connectivity index (χ3n) is 2.36. The van der Waals surface area contributed by atoms with Gasteiger partial charge in [0, 0.05) is 5.54 Å². The smallest absolute Gasteiger partial charge is 0.142 e. The minimum Gasteiger partial charge on any atom is -0.506 e. The molecule has 0 saturated heterocycles. The molecular weight excluding hydrogens is 193 g/mol. The highest BCUT2D eigenvalue weighted by Gasteiger charge is 2.44. The highest BCUT2D eigenvalue weighted by molar-refractivity contribution is 6.32. The van der Waals surface area contributed by atoms with Crippen LogP contribution in [0.2, 0.25) is 5.02 Å². The van der Waals surface area contributed by atoms with Crippen LogP contribution in [0, 0.1) is 5.82 Å². The molecule has 4 heteroatoms. The molecule has 2 rings (SSSR count). The average Bonchev–Trinajstić information content (AvgIpc) is 2.78. The molecule has 0 bridgehead atoms. The maximum Gasteiger partial charge on any atom is 0.142 e. The topological polar surface area (TPSA) is 46.2 Å². The Morgan fingerprint density at radius 3 is 2.62 bits per heavy atom. The predicted octanol–water partition coefficient (Wildman–Crippen LogP) is 2.13. The van der Waals surface area contributed by atoms with Crippen LogP contribution in [0.3, 0.4) is 0 Å². The second kappa shape index (κ2) is 2.59. The van der Waals surface area contributed by atoms with Gasteiger partial charge in [-0.15, -0.1) is 0 Å². The van der Waals surface area contributed by atoms with Crippen molar-refractivity contribution in [2.75, 3.05) is 0 Å². The highest BCUT2D eigenvalue weighted by atomic mass is 35.5. The van der Waals surface area contributed by atoms with E-state index in [0.717, 1.165) is 0 Å². The van der Waals surface area contributed by atoms with Gasteiger partial charge >= 0.3 is 0 Å². The van der Waals surface area contributed by atoms with Crippen molar-refractivity contribution in [2.45, 2.75) is 18.4 Å². The Balaban J connectivity index is 2.61. The number of hydrogen-bond acceptors (Lipinski definition) is 2. The summed E-state index contributed by atoms with van der Waals surface area (Å²) >= 11 is 5.65. The summed E-state index contributed by atoms with van der Waals surface area (Å²) in [7, 11) is 0. The number of halogens is 2. The second-order valence-corrected chi connectivity index (χ2v) is 3.82. The SMILES string of the molecule is NC1(c2c(F)ccc(Cl)c2O)CC1. The van der Waals surface area contributed by atoms with Crippen LogP contribution in [0.5, 0.6) is 5.75 Å². The molecule has 1 aromatic carbocycles. The Labute approximate surface area is 80.1 Å². The van der Waals surface area contributed by atoms with Crippen LogP contribution < -0.4 is 5.73 Å². The van der Waals surface area contributed by atoms with E-state index in [1.807, 2.05) is 0 Å². The first-order chi connectivity index (χ1) is 6.04. The highest BCUT2D eigenvalue weighted by Crippen LogP contribution is 2.48. The van der Waals surface area contributed by atoms with Crippen molar-refractivity contribution >= 4 is 11.6 Å². The number of hydrogen-bond donors (Lipinski definition) is 2. The molecule has 0 radical (unpaired) electrons. The van der Waals surface area contributed by atoms with E-state index in [-0.39, 0.29) is 16.3 Å². The van der Waals surface area contributed by atoms with Gasteiger partial charge in [0.25, 0.3) is 0 Å². The fourth-order valence-electron chi connectivity index (χ4n) is 1.40. The summed E-state index contributed by atoms with van der Waals surface area (Å²) in [5.41, 5.74) is 5.24. The molecule has 1 aliphatic rings. The Morgan fingerprint density at radius 1 is 1.46 bits per heavy atom. The van der Waals surface area contributed by atoms with Crippen LogP contribution >= 0.6 is 11.6 Å². The predicted molar refractivity (Wildman–Crippen MR) is 48.2 cm³/mol. The van der Waals surface area contributed by atoms with Crippen molar-refractivity contribution < 1.29 is 9.50 Å². The molecule has 1 aromatic rings. The zero-order valence-electron chi connectivity index (χ0n) is 6.85. The van der Waals surface area contributed by atoms with Gasteiger partial charge in [-0.2, -0.15) is 0 Å². The van der Waals surface area contributed by atoms with Crippen molar-refractivity contribution in [3.05, 3.63) is 28.5 Å². The minimum atomic E-state index is -0.695. The molecular formula is C9H9ClFNO. The van der Waals surface area contributed by atoms with Crippen LogP contribution in [0.25, 0.3) is 0 Å². The molecule has 0 spiro atoms. The van der Waals surface area contributed by atoms with Gasteiger partial charge in [0.15, 0.2) is 0 Å². The molecule has 13 heavy (non-hydrogen) atoms. The molecule has 0 amide bonds. The first-order valence-corrected chi connectivity index (χ1v) is 4.39. The lowest BCUT2D eigenvalue weighted by Gasteiger charge is -2.13. The van der Waals surface area contributed by atoms with Crippen molar-refractivity contribution in [3.8, 4) is 5.75 Å². The molecule has 1 saturated carbocycles. The minimum absolute atomic E-state index is 0.146. The van der Waals surface area contributed by atoms with E-state index in [0.29, 0.717) is 12.8 Å². The third-order valence-corrected chi connectivity index (χ3v) is 2.67. The van der Waals surface area contributed by atoms with E-state index in [1.165, 1.54) is 12.1 Å². The monoisotopic (exact) mass is 201 g/mol.